The van der Waals surface area contributed by atoms with Crippen LogP contribution in [0.1, 0.15) is 12.8 Å². The van der Waals surface area contributed by atoms with Crippen LogP contribution in [0, 0.1) is 0 Å². The van der Waals surface area contributed by atoms with Crippen LogP contribution < -0.4 is 5.32 Å². The van der Waals surface area contributed by atoms with Gasteiger partial charge in [0.05, 0.1) is 0 Å². The summed E-state index contributed by atoms with van der Waals surface area (Å²) < 4.78 is 10.4. The van der Waals surface area contributed by atoms with Gasteiger partial charge in [0.25, 0.3) is 0 Å². The first-order valence-corrected chi connectivity index (χ1v) is 5.39. The lowest BCUT2D eigenvalue weighted by Crippen LogP contribution is -2.34. The molecule has 1 heterocycles. The van der Waals surface area contributed by atoms with E-state index in [0.717, 1.165) is 32.6 Å². The van der Waals surface area contributed by atoms with E-state index in [-0.39, 0.29) is 6.29 Å². The van der Waals surface area contributed by atoms with Crippen LogP contribution in [-0.2, 0) is 9.47 Å². The van der Waals surface area contributed by atoms with Crippen molar-refractivity contribution in [2.45, 2.75) is 19.1 Å². The second-order valence-corrected chi connectivity index (χ2v) is 3.91. The number of methoxy groups -OCH3 is 2. The second kappa shape index (κ2) is 6.95. The van der Waals surface area contributed by atoms with Gasteiger partial charge in [-0.25, -0.2) is 0 Å². The number of nitrogens with one attached hydrogen (secondary N) is 1. The van der Waals surface area contributed by atoms with E-state index in [0.29, 0.717) is 0 Å². The average molecular weight is 214 g/mol. The Morgan fingerprint density at radius 1 is 1.47 bits per heavy atom. The molecule has 0 aliphatic carbocycles. The van der Waals surface area contributed by atoms with Gasteiger partial charge in [-0.05, 0) is 13.5 Å². The Kier molecular flexibility index (Phi) is 5.86. The standard InChI is InChI=1S/C11H22N2O2/c1-13-7-5-10(4-6-12-9-13)8-11(14-2)15-3/h4,11-12H,5-9H2,1-3H3/b10-4+. The topological polar surface area (TPSA) is 33.7 Å². The van der Waals surface area contributed by atoms with Crippen LogP contribution in [0.5, 0.6) is 0 Å². The predicted octanol–water partition coefficient (Wildman–Crippen LogP) is 0.804. The molecule has 1 aliphatic rings. The molecule has 4 nitrogen and oxygen atoms in total. The Hall–Kier alpha value is -0.420. The fourth-order valence-electron chi connectivity index (χ4n) is 1.65. The summed E-state index contributed by atoms with van der Waals surface area (Å²) in [6, 6.07) is 0. The van der Waals surface area contributed by atoms with Crippen molar-refractivity contribution in [2.75, 3.05) is 41.0 Å². The molecular formula is C11H22N2O2. The number of ether oxygens (including phenoxy) is 2. The van der Waals surface area contributed by atoms with Gasteiger partial charge in [-0.1, -0.05) is 11.6 Å². The van der Waals surface area contributed by atoms with Crippen molar-refractivity contribution in [3.8, 4) is 0 Å². The van der Waals surface area contributed by atoms with Gasteiger partial charge in [-0.15, -0.1) is 0 Å². The first-order chi connectivity index (χ1) is 7.26. The maximum Gasteiger partial charge on any atom is 0.160 e. The summed E-state index contributed by atoms with van der Waals surface area (Å²) in [5, 5.41) is 3.34. The Labute approximate surface area is 92.2 Å². The van der Waals surface area contributed by atoms with Gasteiger partial charge in [0, 0.05) is 40.4 Å². The summed E-state index contributed by atoms with van der Waals surface area (Å²) in [6.45, 7) is 2.97. The molecule has 1 rings (SSSR count). The molecule has 4 heteroatoms. The number of nitrogens with zero attached hydrogens (tertiary/aromatic N) is 1. The van der Waals surface area contributed by atoms with E-state index in [1.54, 1.807) is 14.2 Å². The van der Waals surface area contributed by atoms with Crippen molar-refractivity contribution in [3.05, 3.63) is 11.6 Å². The van der Waals surface area contributed by atoms with Gasteiger partial charge >= 0.3 is 0 Å². The van der Waals surface area contributed by atoms with Crippen LogP contribution in [0.25, 0.3) is 0 Å². The van der Waals surface area contributed by atoms with Crippen molar-refractivity contribution in [3.63, 3.8) is 0 Å². The van der Waals surface area contributed by atoms with Crippen LogP contribution in [0.3, 0.4) is 0 Å². The Morgan fingerprint density at radius 3 is 2.87 bits per heavy atom. The zero-order valence-corrected chi connectivity index (χ0v) is 9.95. The van der Waals surface area contributed by atoms with Crippen LogP contribution in [-0.4, -0.2) is 52.2 Å². The molecule has 1 aliphatic heterocycles. The average Bonchev–Trinajstić information content (AvgIpc) is 2.23. The molecule has 0 unspecified atom stereocenters. The van der Waals surface area contributed by atoms with Gasteiger partial charge in [0.15, 0.2) is 6.29 Å². The third kappa shape index (κ3) is 4.75. The van der Waals surface area contributed by atoms with E-state index in [1.165, 1.54) is 5.57 Å². The lowest BCUT2D eigenvalue weighted by Gasteiger charge is -2.22. The van der Waals surface area contributed by atoms with Gasteiger partial charge in [0.2, 0.25) is 0 Å². The monoisotopic (exact) mass is 214 g/mol. The molecule has 0 saturated heterocycles. The molecule has 0 aromatic carbocycles. The number of hydrogen-bond acceptors (Lipinski definition) is 4. The first kappa shape index (κ1) is 12.6. The van der Waals surface area contributed by atoms with E-state index in [2.05, 4.69) is 23.3 Å². The fraction of sp³-hybridized carbons (Fsp3) is 0.818. The molecule has 0 spiro atoms. The molecule has 0 aromatic rings. The van der Waals surface area contributed by atoms with Crippen LogP contribution in [0.4, 0.5) is 0 Å². The Bertz CT molecular complexity index is 203. The lowest BCUT2D eigenvalue weighted by atomic mass is 10.1. The molecule has 88 valence electrons. The van der Waals surface area contributed by atoms with Crippen molar-refractivity contribution >= 4 is 0 Å². The molecule has 0 aromatic heterocycles. The predicted molar refractivity (Wildman–Crippen MR) is 60.6 cm³/mol. The molecule has 0 amide bonds. The third-order valence-corrected chi connectivity index (χ3v) is 2.69. The van der Waals surface area contributed by atoms with Gasteiger partial charge in [0.1, 0.15) is 0 Å². The van der Waals surface area contributed by atoms with Gasteiger partial charge in [-0.3, -0.25) is 4.90 Å². The lowest BCUT2D eigenvalue weighted by molar-refractivity contribution is -0.101. The summed E-state index contributed by atoms with van der Waals surface area (Å²) in [5.74, 6) is 0. The smallest absolute Gasteiger partial charge is 0.160 e. The molecule has 0 radical (unpaired) electrons. The largest absolute Gasteiger partial charge is 0.356 e. The van der Waals surface area contributed by atoms with E-state index >= 15 is 0 Å². The first-order valence-electron chi connectivity index (χ1n) is 5.39. The molecular weight excluding hydrogens is 192 g/mol. The van der Waals surface area contributed by atoms with E-state index < -0.39 is 0 Å². The maximum absolute atomic E-state index is 5.20. The maximum atomic E-state index is 5.20. The SMILES string of the molecule is COC(C/C1=C/CNCN(C)CC1)OC. The molecule has 1 N–H and O–H groups in total. The molecule has 0 bridgehead atoms. The summed E-state index contributed by atoms with van der Waals surface area (Å²) in [5.41, 5.74) is 1.41. The normalized spacial score (nSPS) is 23.3. The zero-order valence-electron chi connectivity index (χ0n) is 9.95. The summed E-state index contributed by atoms with van der Waals surface area (Å²) in [4.78, 5) is 2.28. The Balaban J connectivity index is 2.44. The highest BCUT2D eigenvalue weighted by Crippen LogP contribution is 2.13. The number of rotatable bonds is 4. The minimum atomic E-state index is -0.110. The van der Waals surface area contributed by atoms with E-state index in [9.17, 15) is 0 Å². The quantitative estimate of drug-likeness (QED) is 0.554. The van der Waals surface area contributed by atoms with E-state index in [1.807, 2.05) is 0 Å². The molecule has 15 heavy (non-hydrogen) atoms. The fourth-order valence-corrected chi connectivity index (χ4v) is 1.65. The van der Waals surface area contributed by atoms with Crippen LogP contribution in [0.15, 0.2) is 11.6 Å². The van der Waals surface area contributed by atoms with Crippen molar-refractivity contribution < 1.29 is 9.47 Å². The second-order valence-electron chi connectivity index (χ2n) is 3.91. The zero-order chi connectivity index (χ0) is 11.1. The molecule has 0 saturated carbocycles. The van der Waals surface area contributed by atoms with Gasteiger partial charge < -0.3 is 14.8 Å². The van der Waals surface area contributed by atoms with Crippen LogP contribution >= 0.6 is 0 Å². The van der Waals surface area contributed by atoms with Crippen molar-refractivity contribution in [2.24, 2.45) is 0 Å². The van der Waals surface area contributed by atoms with Gasteiger partial charge in [-0.2, -0.15) is 0 Å². The number of hydrogen-bond donors (Lipinski definition) is 1. The highest BCUT2D eigenvalue weighted by Gasteiger charge is 2.11. The van der Waals surface area contributed by atoms with Crippen molar-refractivity contribution in [1.82, 2.24) is 10.2 Å². The third-order valence-electron chi connectivity index (χ3n) is 2.69. The minimum absolute atomic E-state index is 0.110. The van der Waals surface area contributed by atoms with E-state index in [4.69, 9.17) is 9.47 Å². The highest BCUT2D eigenvalue weighted by molar-refractivity contribution is 5.05. The van der Waals surface area contributed by atoms with Crippen molar-refractivity contribution in [1.29, 1.82) is 0 Å². The van der Waals surface area contributed by atoms with Crippen LogP contribution in [0.2, 0.25) is 0 Å². The Morgan fingerprint density at radius 2 is 2.20 bits per heavy atom. The minimum Gasteiger partial charge on any atom is -0.356 e. The summed E-state index contributed by atoms with van der Waals surface area (Å²) in [7, 11) is 5.49. The molecule has 0 atom stereocenters. The summed E-state index contributed by atoms with van der Waals surface area (Å²) in [6.07, 6.45) is 4.10. The molecule has 0 fully saturated rings. The summed E-state index contributed by atoms with van der Waals surface area (Å²) >= 11 is 0. The highest BCUT2D eigenvalue weighted by atomic mass is 16.7.